The second-order valence-electron chi connectivity index (χ2n) is 6.12. The minimum atomic E-state index is 0. The summed E-state index contributed by atoms with van der Waals surface area (Å²) in [5.41, 5.74) is 0. The zero-order valence-electron chi connectivity index (χ0n) is 14.8. The van der Waals surface area contributed by atoms with Gasteiger partial charge < -0.3 is 25.0 Å². The topological polar surface area (TPSA) is 75.2 Å². The number of carbonyl (C=O) groups excluding carboxylic acids is 1. The number of nitrogens with one attached hydrogen (secondary N) is 2. The summed E-state index contributed by atoms with van der Waals surface area (Å²) in [6.45, 7) is 6.31. The minimum Gasteiger partial charge on any atom is -0.377 e. The summed E-state index contributed by atoms with van der Waals surface area (Å²) >= 11 is 0. The van der Waals surface area contributed by atoms with E-state index in [2.05, 4.69) is 15.6 Å². The first kappa shape index (κ1) is 21.4. The average molecular weight is 454 g/mol. The van der Waals surface area contributed by atoms with E-state index < -0.39 is 0 Å². The Morgan fingerprint density at radius 1 is 1.46 bits per heavy atom. The molecule has 0 aromatic heterocycles. The number of likely N-dealkylation sites (N-methyl/N-ethyl adjacent to an activating group) is 1. The van der Waals surface area contributed by atoms with Gasteiger partial charge in [0.2, 0.25) is 5.91 Å². The first-order valence-electron chi connectivity index (χ1n) is 8.67. The Balaban J connectivity index is 0.00000288. The first-order chi connectivity index (χ1) is 11.2. The molecule has 2 aliphatic heterocycles. The van der Waals surface area contributed by atoms with E-state index in [1.54, 1.807) is 4.90 Å². The van der Waals surface area contributed by atoms with Crippen molar-refractivity contribution in [1.29, 1.82) is 0 Å². The van der Waals surface area contributed by atoms with Gasteiger partial charge in [-0.2, -0.15) is 0 Å². The molecule has 2 atom stereocenters. The summed E-state index contributed by atoms with van der Waals surface area (Å²) in [6, 6.07) is 0.253. The highest BCUT2D eigenvalue weighted by atomic mass is 127. The third kappa shape index (κ3) is 7.52. The number of aliphatic imine (C=N–C) groups is 1. The van der Waals surface area contributed by atoms with E-state index in [9.17, 15) is 4.79 Å². The van der Waals surface area contributed by atoms with E-state index in [4.69, 9.17) is 9.47 Å². The molecule has 2 unspecified atom stereocenters. The minimum absolute atomic E-state index is 0. The fourth-order valence-electron chi connectivity index (χ4n) is 2.86. The summed E-state index contributed by atoms with van der Waals surface area (Å²) in [4.78, 5) is 17.8. The quantitative estimate of drug-likeness (QED) is 0.260. The second-order valence-corrected chi connectivity index (χ2v) is 6.12. The number of likely N-dealkylation sites (tertiary alicyclic amines) is 1. The van der Waals surface area contributed by atoms with E-state index >= 15 is 0 Å². The predicted molar refractivity (Wildman–Crippen MR) is 105 cm³/mol. The molecule has 0 aliphatic carbocycles. The number of ether oxygens (including phenoxy) is 2. The predicted octanol–water partition coefficient (Wildman–Crippen LogP) is 0.976. The van der Waals surface area contributed by atoms with Gasteiger partial charge in [-0.25, -0.2) is 0 Å². The monoisotopic (exact) mass is 454 g/mol. The maximum absolute atomic E-state index is 11.5. The van der Waals surface area contributed by atoms with Crippen LogP contribution < -0.4 is 10.6 Å². The van der Waals surface area contributed by atoms with Crippen molar-refractivity contribution in [3.63, 3.8) is 0 Å². The summed E-state index contributed by atoms with van der Waals surface area (Å²) < 4.78 is 11.1. The van der Waals surface area contributed by atoms with Crippen molar-refractivity contribution in [3.8, 4) is 0 Å². The Hall–Kier alpha value is -0.610. The lowest BCUT2D eigenvalue weighted by Crippen LogP contribution is -2.51. The fourth-order valence-corrected chi connectivity index (χ4v) is 2.86. The molecule has 0 radical (unpaired) electrons. The van der Waals surface area contributed by atoms with Gasteiger partial charge in [0.1, 0.15) is 0 Å². The van der Waals surface area contributed by atoms with Crippen molar-refractivity contribution < 1.29 is 14.3 Å². The maximum atomic E-state index is 11.5. The Morgan fingerprint density at radius 2 is 2.29 bits per heavy atom. The molecule has 140 valence electrons. The van der Waals surface area contributed by atoms with E-state index in [1.165, 1.54) is 0 Å². The highest BCUT2D eigenvalue weighted by Gasteiger charge is 2.23. The lowest BCUT2D eigenvalue weighted by Gasteiger charge is -2.31. The number of guanidine groups is 1. The third-order valence-corrected chi connectivity index (χ3v) is 4.15. The average Bonchev–Trinajstić information content (AvgIpc) is 3.04. The van der Waals surface area contributed by atoms with Crippen LogP contribution in [0.3, 0.4) is 0 Å². The van der Waals surface area contributed by atoms with Crippen molar-refractivity contribution in [3.05, 3.63) is 0 Å². The van der Waals surface area contributed by atoms with Crippen LogP contribution in [0.25, 0.3) is 0 Å². The SMILES string of the molecule is CCNC(=NCCOCC1CCCO1)NC1CCC(=O)N(C)C1.I. The smallest absolute Gasteiger partial charge is 0.222 e. The van der Waals surface area contributed by atoms with Crippen LogP contribution in [-0.4, -0.2) is 75.4 Å². The van der Waals surface area contributed by atoms with Gasteiger partial charge in [-0.1, -0.05) is 0 Å². The van der Waals surface area contributed by atoms with Crippen molar-refractivity contribution >= 4 is 35.8 Å². The molecular formula is C16H31IN4O3. The van der Waals surface area contributed by atoms with Crippen LogP contribution in [-0.2, 0) is 14.3 Å². The third-order valence-electron chi connectivity index (χ3n) is 4.15. The van der Waals surface area contributed by atoms with Gasteiger partial charge in [-0.3, -0.25) is 9.79 Å². The van der Waals surface area contributed by atoms with E-state index in [-0.39, 0.29) is 42.0 Å². The summed E-state index contributed by atoms with van der Waals surface area (Å²) in [5.74, 6) is 1.01. The Morgan fingerprint density at radius 3 is 2.96 bits per heavy atom. The van der Waals surface area contributed by atoms with Crippen molar-refractivity contribution in [1.82, 2.24) is 15.5 Å². The molecule has 2 N–H and O–H groups in total. The summed E-state index contributed by atoms with van der Waals surface area (Å²) in [7, 11) is 1.85. The molecule has 0 saturated carbocycles. The summed E-state index contributed by atoms with van der Waals surface area (Å²) in [6.07, 6.45) is 3.95. The molecule has 24 heavy (non-hydrogen) atoms. The Bertz CT molecular complexity index is 403. The molecule has 7 nitrogen and oxygen atoms in total. The number of amides is 1. The number of hydrogen-bond donors (Lipinski definition) is 2. The highest BCUT2D eigenvalue weighted by Crippen LogP contribution is 2.11. The van der Waals surface area contributed by atoms with Crippen LogP contribution >= 0.6 is 24.0 Å². The van der Waals surface area contributed by atoms with Crippen LogP contribution in [0, 0.1) is 0 Å². The molecule has 2 fully saturated rings. The van der Waals surface area contributed by atoms with Crippen LogP contribution in [0.15, 0.2) is 4.99 Å². The van der Waals surface area contributed by atoms with Crippen LogP contribution in [0.1, 0.15) is 32.6 Å². The van der Waals surface area contributed by atoms with E-state index in [0.29, 0.717) is 26.2 Å². The lowest BCUT2D eigenvalue weighted by molar-refractivity contribution is -0.132. The van der Waals surface area contributed by atoms with Gasteiger partial charge in [0.05, 0.1) is 25.9 Å². The van der Waals surface area contributed by atoms with E-state index in [0.717, 1.165) is 44.9 Å². The second kappa shape index (κ2) is 11.9. The van der Waals surface area contributed by atoms with Gasteiger partial charge in [0, 0.05) is 39.2 Å². The zero-order valence-corrected chi connectivity index (χ0v) is 17.1. The van der Waals surface area contributed by atoms with Gasteiger partial charge in [-0.05, 0) is 26.2 Å². The molecule has 2 saturated heterocycles. The van der Waals surface area contributed by atoms with Gasteiger partial charge in [0.25, 0.3) is 0 Å². The normalized spacial score (nSPS) is 24.7. The molecule has 0 bridgehead atoms. The number of piperidine rings is 1. The zero-order chi connectivity index (χ0) is 16.5. The Kier molecular flexibility index (Phi) is 10.6. The van der Waals surface area contributed by atoms with Crippen molar-refractivity contribution in [2.75, 3.05) is 46.5 Å². The molecule has 2 aliphatic rings. The molecule has 8 heteroatoms. The maximum Gasteiger partial charge on any atom is 0.222 e. The van der Waals surface area contributed by atoms with E-state index in [1.807, 2.05) is 14.0 Å². The molecule has 1 amide bonds. The number of halogens is 1. The number of nitrogens with zero attached hydrogens (tertiary/aromatic N) is 2. The van der Waals surface area contributed by atoms with Gasteiger partial charge in [0.15, 0.2) is 5.96 Å². The molecule has 0 aromatic carbocycles. The van der Waals surface area contributed by atoms with Crippen molar-refractivity contribution in [2.24, 2.45) is 4.99 Å². The lowest BCUT2D eigenvalue weighted by atomic mass is 10.1. The number of rotatable bonds is 7. The largest absolute Gasteiger partial charge is 0.377 e. The molecule has 0 spiro atoms. The number of hydrogen-bond acceptors (Lipinski definition) is 4. The Labute approximate surface area is 161 Å². The molecule has 0 aromatic rings. The van der Waals surface area contributed by atoms with Crippen molar-refractivity contribution in [2.45, 2.75) is 44.8 Å². The highest BCUT2D eigenvalue weighted by molar-refractivity contribution is 14.0. The molecule has 2 rings (SSSR count). The van der Waals surface area contributed by atoms with Gasteiger partial charge >= 0.3 is 0 Å². The summed E-state index contributed by atoms with van der Waals surface area (Å²) in [5, 5.41) is 6.65. The standard InChI is InChI=1S/C16H30N4O3.HI/c1-3-17-16(19-13-6-7-15(21)20(2)11-13)18-8-10-22-12-14-5-4-9-23-14;/h13-14H,3-12H2,1-2H3,(H2,17,18,19);1H. The fraction of sp³-hybridized carbons (Fsp3) is 0.875. The van der Waals surface area contributed by atoms with Crippen LogP contribution in [0.4, 0.5) is 0 Å². The first-order valence-corrected chi connectivity index (χ1v) is 8.67. The van der Waals surface area contributed by atoms with Crippen LogP contribution in [0.2, 0.25) is 0 Å². The molecular weight excluding hydrogens is 423 g/mol. The molecule has 2 heterocycles. The number of carbonyl (C=O) groups is 1. The van der Waals surface area contributed by atoms with Gasteiger partial charge in [-0.15, -0.1) is 24.0 Å². The van der Waals surface area contributed by atoms with Crippen LogP contribution in [0.5, 0.6) is 0 Å².